The molecule has 0 atom stereocenters. The third-order valence-corrected chi connectivity index (χ3v) is 3.86. The predicted molar refractivity (Wildman–Crippen MR) is 79.1 cm³/mol. The van der Waals surface area contributed by atoms with Gasteiger partial charge >= 0.3 is 0 Å². The molecule has 1 aliphatic carbocycles. The number of quaternary nitrogens is 1. The fourth-order valence-corrected chi connectivity index (χ4v) is 2.87. The van der Waals surface area contributed by atoms with Crippen LogP contribution in [0.4, 0.5) is 0 Å². The predicted octanol–water partition coefficient (Wildman–Crippen LogP) is 1.76. The van der Waals surface area contributed by atoms with E-state index in [1.807, 2.05) is 0 Å². The first-order valence-corrected chi connectivity index (χ1v) is 6.77. The lowest BCUT2D eigenvalue weighted by atomic mass is 9.90. The van der Waals surface area contributed by atoms with Crippen LogP contribution in [-0.4, -0.2) is 7.05 Å². The molecule has 2 aromatic rings. The Kier molecular flexibility index (Phi) is 3.10. The van der Waals surface area contributed by atoms with Gasteiger partial charge < -0.3 is 11.1 Å². The highest BCUT2D eigenvalue weighted by Gasteiger charge is 2.19. The number of aryl methyl sites for hydroxylation is 2. The number of hydrogen-bond donors (Lipinski definition) is 2. The van der Waals surface area contributed by atoms with Crippen molar-refractivity contribution in [3.8, 4) is 0 Å². The van der Waals surface area contributed by atoms with Crippen LogP contribution in [0.2, 0.25) is 0 Å². The molecule has 1 aliphatic rings. The molecule has 0 aliphatic heterocycles. The zero-order valence-electron chi connectivity index (χ0n) is 11.2. The molecule has 0 bridgehead atoms. The Labute approximate surface area is 114 Å². The minimum absolute atomic E-state index is 0.894. The lowest BCUT2D eigenvalue weighted by Gasteiger charge is -2.18. The molecule has 2 nitrogen and oxygen atoms in total. The summed E-state index contributed by atoms with van der Waals surface area (Å²) in [5.74, 6) is 0. The van der Waals surface area contributed by atoms with Gasteiger partial charge in [-0.3, -0.25) is 0 Å². The molecule has 3 rings (SSSR count). The van der Waals surface area contributed by atoms with E-state index in [1.54, 1.807) is 0 Å². The summed E-state index contributed by atoms with van der Waals surface area (Å²) in [5.41, 5.74) is 13.7. The van der Waals surface area contributed by atoms with Crippen LogP contribution in [0.5, 0.6) is 0 Å². The Morgan fingerprint density at radius 1 is 0.842 bits per heavy atom. The molecule has 4 N–H and O–H groups in total. The smallest absolute Gasteiger partial charge is 0.160 e. The highest BCUT2D eigenvalue weighted by Crippen LogP contribution is 2.27. The summed E-state index contributed by atoms with van der Waals surface area (Å²) in [6.07, 6.45) is 2.11. The molecule has 2 aromatic carbocycles. The fourth-order valence-electron chi connectivity index (χ4n) is 2.87. The van der Waals surface area contributed by atoms with Gasteiger partial charge in [-0.15, -0.1) is 0 Å². The maximum absolute atomic E-state index is 6.43. The number of rotatable bonds is 1. The van der Waals surface area contributed by atoms with Gasteiger partial charge in [-0.05, 0) is 30.0 Å². The lowest BCUT2D eigenvalue weighted by molar-refractivity contribution is -0.529. The number of fused-ring (bicyclic) bond motifs is 2. The number of nitrogens with two attached hydrogens (primary N) is 2. The maximum atomic E-state index is 6.43. The minimum atomic E-state index is 0.894. The van der Waals surface area contributed by atoms with E-state index in [2.05, 4.69) is 60.9 Å². The van der Waals surface area contributed by atoms with E-state index in [-0.39, 0.29) is 0 Å². The minimum Gasteiger partial charge on any atom is -0.393 e. The second-order valence-corrected chi connectivity index (χ2v) is 4.93. The van der Waals surface area contributed by atoms with Crippen molar-refractivity contribution in [2.24, 2.45) is 5.73 Å². The monoisotopic (exact) mass is 251 g/mol. The van der Waals surface area contributed by atoms with Gasteiger partial charge in [0.05, 0.1) is 7.05 Å². The molecule has 0 heterocycles. The van der Waals surface area contributed by atoms with Crippen molar-refractivity contribution in [3.63, 3.8) is 0 Å². The van der Waals surface area contributed by atoms with Gasteiger partial charge in [0, 0.05) is 11.1 Å². The molecule has 0 unspecified atom stereocenters. The maximum Gasteiger partial charge on any atom is 0.160 e. The van der Waals surface area contributed by atoms with Crippen LogP contribution in [-0.2, 0) is 12.8 Å². The molecular weight excluding hydrogens is 232 g/mol. The Hall–Kier alpha value is -2.06. The third-order valence-electron chi connectivity index (χ3n) is 3.86. The summed E-state index contributed by atoms with van der Waals surface area (Å²) < 4.78 is 0. The van der Waals surface area contributed by atoms with Gasteiger partial charge in [0.15, 0.2) is 5.70 Å². The Morgan fingerprint density at radius 2 is 1.37 bits per heavy atom. The molecule has 0 radical (unpaired) electrons. The molecule has 19 heavy (non-hydrogen) atoms. The van der Waals surface area contributed by atoms with Crippen molar-refractivity contribution >= 4 is 11.4 Å². The Morgan fingerprint density at radius 3 is 2.00 bits per heavy atom. The summed E-state index contributed by atoms with van der Waals surface area (Å²) in [6.45, 7) is 0. The Bertz CT molecular complexity index is 641. The summed E-state index contributed by atoms with van der Waals surface area (Å²) in [4.78, 5) is 0. The fraction of sp³-hybridized carbons (Fsp3) is 0.176. The van der Waals surface area contributed by atoms with Crippen LogP contribution in [0.25, 0.3) is 11.4 Å². The standard InChI is InChI=1S/C17H18N2/c1-19-17-15-9-5-3-7-13(15)11-10-12-6-2-4-8-14(12)16(17)18/h2-9,19H,10-11,18H2,1H3/p+1. The molecule has 0 amide bonds. The van der Waals surface area contributed by atoms with Gasteiger partial charge in [-0.25, -0.2) is 0 Å². The molecular formula is C17H19N2+. The van der Waals surface area contributed by atoms with E-state index < -0.39 is 0 Å². The van der Waals surface area contributed by atoms with Gasteiger partial charge in [-0.2, -0.15) is 0 Å². The van der Waals surface area contributed by atoms with Crippen LogP contribution >= 0.6 is 0 Å². The van der Waals surface area contributed by atoms with Crippen LogP contribution in [0.3, 0.4) is 0 Å². The first-order valence-electron chi connectivity index (χ1n) is 6.77. The average Bonchev–Trinajstić information content (AvgIpc) is 2.46. The molecule has 0 saturated heterocycles. The van der Waals surface area contributed by atoms with Crippen molar-refractivity contribution < 1.29 is 5.32 Å². The van der Waals surface area contributed by atoms with Gasteiger partial charge in [0.2, 0.25) is 0 Å². The van der Waals surface area contributed by atoms with Gasteiger partial charge in [0.25, 0.3) is 0 Å². The number of hydrogen-bond acceptors (Lipinski definition) is 1. The highest BCUT2D eigenvalue weighted by molar-refractivity contribution is 5.87. The van der Waals surface area contributed by atoms with E-state index >= 15 is 0 Å². The normalized spacial score (nSPS) is 14.4. The van der Waals surface area contributed by atoms with Crippen molar-refractivity contribution in [1.82, 2.24) is 0 Å². The van der Waals surface area contributed by atoms with Crippen LogP contribution in [0.15, 0.2) is 48.5 Å². The Balaban J connectivity index is 2.28. The lowest BCUT2D eigenvalue weighted by Crippen LogP contribution is -2.76. The molecule has 2 heteroatoms. The second kappa shape index (κ2) is 4.90. The van der Waals surface area contributed by atoms with Crippen molar-refractivity contribution in [2.75, 3.05) is 7.05 Å². The summed E-state index contributed by atoms with van der Waals surface area (Å²) in [7, 11) is 2.06. The third kappa shape index (κ3) is 2.04. The molecule has 0 saturated carbocycles. The number of benzene rings is 2. The SMILES string of the molecule is C[NH2+]C1=C(N)c2ccccc2CCc2ccccc21. The molecule has 0 fully saturated rings. The molecule has 96 valence electrons. The van der Waals surface area contributed by atoms with E-state index in [9.17, 15) is 0 Å². The zero-order valence-corrected chi connectivity index (χ0v) is 11.2. The van der Waals surface area contributed by atoms with E-state index in [4.69, 9.17) is 5.73 Å². The zero-order chi connectivity index (χ0) is 13.2. The van der Waals surface area contributed by atoms with Crippen LogP contribution in [0.1, 0.15) is 22.3 Å². The summed E-state index contributed by atoms with van der Waals surface area (Å²) in [5, 5.41) is 2.12. The van der Waals surface area contributed by atoms with Gasteiger partial charge in [-0.1, -0.05) is 42.5 Å². The van der Waals surface area contributed by atoms with E-state index in [0.717, 1.165) is 24.2 Å². The molecule has 0 aromatic heterocycles. The first kappa shape index (κ1) is 12.0. The summed E-state index contributed by atoms with van der Waals surface area (Å²) >= 11 is 0. The largest absolute Gasteiger partial charge is 0.393 e. The average molecular weight is 251 g/mol. The quantitative estimate of drug-likeness (QED) is 0.797. The molecule has 0 spiro atoms. The van der Waals surface area contributed by atoms with E-state index in [1.165, 1.54) is 22.3 Å². The van der Waals surface area contributed by atoms with Crippen molar-refractivity contribution in [1.29, 1.82) is 0 Å². The second-order valence-electron chi connectivity index (χ2n) is 4.93. The van der Waals surface area contributed by atoms with Crippen molar-refractivity contribution in [3.05, 3.63) is 70.8 Å². The topological polar surface area (TPSA) is 42.6 Å². The summed E-state index contributed by atoms with van der Waals surface area (Å²) in [6, 6.07) is 17.0. The van der Waals surface area contributed by atoms with E-state index in [0.29, 0.717) is 0 Å². The van der Waals surface area contributed by atoms with Crippen molar-refractivity contribution in [2.45, 2.75) is 12.8 Å². The van der Waals surface area contributed by atoms with Crippen LogP contribution < -0.4 is 11.1 Å². The van der Waals surface area contributed by atoms with Gasteiger partial charge in [0.1, 0.15) is 5.70 Å². The van der Waals surface area contributed by atoms with Crippen LogP contribution in [0, 0.1) is 0 Å². The first-order chi connectivity index (χ1) is 9.31. The highest BCUT2D eigenvalue weighted by atomic mass is 14.9.